The number of alkyl halides is 6. The lowest BCUT2D eigenvalue weighted by Crippen LogP contribution is -2.26. The molecule has 0 N–H and O–H groups in total. The van der Waals surface area contributed by atoms with Gasteiger partial charge in [-0.05, 0) is 0 Å². The lowest BCUT2D eigenvalue weighted by atomic mass is 10.0. The summed E-state index contributed by atoms with van der Waals surface area (Å²) in [5.41, 5.74) is -9.46. The summed E-state index contributed by atoms with van der Waals surface area (Å²) < 4.78 is 86.6. The number of hydrogen-bond acceptors (Lipinski definition) is 6. The van der Waals surface area contributed by atoms with E-state index >= 15 is 0 Å². The Hall–Kier alpha value is -6.38. The predicted octanol–water partition coefficient (Wildman–Crippen LogP) is 6.05. The van der Waals surface area contributed by atoms with Crippen LogP contribution in [0.4, 0.5) is 26.3 Å². The van der Waals surface area contributed by atoms with Crippen molar-refractivity contribution in [2.24, 2.45) is 0 Å². The third-order valence-electron chi connectivity index (χ3n) is 6.28. The number of nitriles is 2. The monoisotopic (exact) mass is 596 g/mol. The first-order valence-electron chi connectivity index (χ1n) is 12.1. The van der Waals surface area contributed by atoms with Gasteiger partial charge in [0, 0.05) is 21.6 Å². The van der Waals surface area contributed by atoms with E-state index in [-0.39, 0.29) is 11.1 Å². The highest BCUT2D eigenvalue weighted by Gasteiger charge is 2.39. The molecule has 0 saturated heterocycles. The van der Waals surface area contributed by atoms with Crippen molar-refractivity contribution in [2.45, 2.75) is 12.4 Å². The molecule has 0 unspecified atom stereocenters. The maximum Gasteiger partial charge on any atom is 0.435 e. The van der Waals surface area contributed by atoms with Crippen LogP contribution in [0.25, 0.3) is 65.7 Å². The number of fused-ring (bicyclic) bond motifs is 2. The Kier molecular flexibility index (Phi) is 7.14. The van der Waals surface area contributed by atoms with Crippen LogP contribution >= 0.6 is 0 Å². The van der Waals surface area contributed by atoms with Crippen LogP contribution in [0, 0.1) is 35.8 Å². The zero-order valence-corrected chi connectivity index (χ0v) is 21.6. The van der Waals surface area contributed by atoms with Gasteiger partial charge in [0.1, 0.15) is 11.4 Å². The molecule has 5 rings (SSSR count). The van der Waals surface area contributed by atoms with Crippen molar-refractivity contribution >= 4 is 33.5 Å². The lowest BCUT2D eigenvalue weighted by Gasteiger charge is -2.17. The second-order valence-corrected chi connectivity index (χ2v) is 8.86. The van der Waals surface area contributed by atoms with Crippen molar-refractivity contribution in [3.63, 3.8) is 0 Å². The van der Waals surface area contributed by atoms with Crippen LogP contribution in [-0.4, -0.2) is 19.9 Å². The lowest BCUT2D eigenvalue weighted by molar-refractivity contribution is -0.141. The van der Waals surface area contributed by atoms with Gasteiger partial charge in [0.2, 0.25) is 0 Å². The molecule has 0 spiro atoms. The minimum Gasteiger partial charge on any atom is -0.244 e. The van der Waals surface area contributed by atoms with Crippen molar-refractivity contribution in [1.29, 1.82) is 10.5 Å². The molecular weight excluding hydrogens is 586 g/mol. The molecule has 14 heteroatoms. The van der Waals surface area contributed by atoms with Gasteiger partial charge in [-0.3, -0.25) is 0 Å². The van der Waals surface area contributed by atoms with Crippen molar-refractivity contribution in [1.82, 2.24) is 19.9 Å². The van der Waals surface area contributed by atoms with Gasteiger partial charge in [0.05, 0.1) is 47.3 Å². The van der Waals surface area contributed by atoms with Crippen molar-refractivity contribution in [3.8, 4) is 34.7 Å². The van der Waals surface area contributed by atoms with E-state index in [2.05, 4.69) is 29.6 Å². The molecule has 8 nitrogen and oxygen atoms in total. The molecule has 0 saturated carbocycles. The normalized spacial score (nSPS) is 13.0. The SMILES string of the molecule is [C-]#[N+]/C(C#N)=c1\c2nc(C(F)(F)F)c(-c3ccccc3)nc2/c(=C(/C#N)[N+]#[C-])c2nc(C(F)(F)F)c(-c3ccccc3)nc12. The molecule has 0 bridgehead atoms. The van der Waals surface area contributed by atoms with E-state index in [0.717, 1.165) is 0 Å². The van der Waals surface area contributed by atoms with E-state index in [4.69, 9.17) is 13.1 Å². The quantitative estimate of drug-likeness (QED) is 0.140. The summed E-state index contributed by atoms with van der Waals surface area (Å²) >= 11 is 0. The molecule has 0 amide bonds. The van der Waals surface area contributed by atoms with Gasteiger partial charge in [0.25, 0.3) is 11.4 Å². The van der Waals surface area contributed by atoms with Crippen LogP contribution in [0.15, 0.2) is 60.7 Å². The number of aromatic nitrogens is 4. The number of benzene rings is 3. The first-order chi connectivity index (χ1) is 20.9. The minimum atomic E-state index is -5.15. The van der Waals surface area contributed by atoms with Crippen LogP contribution in [0.3, 0.4) is 0 Å². The fraction of sp³-hybridized carbons (Fsp3) is 0.0667. The topological polar surface area (TPSA) is 108 Å². The molecule has 0 aliphatic heterocycles. The van der Waals surface area contributed by atoms with Crippen LogP contribution in [0.2, 0.25) is 0 Å². The van der Waals surface area contributed by atoms with Gasteiger partial charge in [-0.1, -0.05) is 60.7 Å². The van der Waals surface area contributed by atoms with E-state index in [1.165, 1.54) is 72.8 Å². The highest BCUT2D eigenvalue weighted by atomic mass is 19.4. The highest BCUT2D eigenvalue weighted by molar-refractivity contribution is 6.00. The Morgan fingerprint density at radius 3 is 1.16 bits per heavy atom. The number of hydrogen-bond donors (Lipinski definition) is 0. The molecular formula is C30H10F6N8. The molecule has 2 aromatic heterocycles. The van der Waals surface area contributed by atoms with Gasteiger partial charge in [0.15, 0.2) is 11.4 Å². The van der Waals surface area contributed by atoms with Crippen molar-refractivity contribution in [3.05, 3.63) is 105 Å². The Morgan fingerprint density at radius 1 is 0.568 bits per heavy atom. The smallest absolute Gasteiger partial charge is 0.244 e. The summed E-state index contributed by atoms with van der Waals surface area (Å²) in [4.78, 5) is 21.8. The van der Waals surface area contributed by atoms with Crippen LogP contribution in [0.1, 0.15) is 11.4 Å². The first-order valence-corrected chi connectivity index (χ1v) is 12.1. The van der Waals surface area contributed by atoms with E-state index in [9.17, 15) is 36.9 Å². The molecule has 0 radical (unpaired) electrons. The molecule has 2 heterocycles. The molecule has 44 heavy (non-hydrogen) atoms. The summed E-state index contributed by atoms with van der Waals surface area (Å²) in [7, 11) is 0. The maximum atomic E-state index is 14.4. The second kappa shape index (κ2) is 10.8. The van der Waals surface area contributed by atoms with E-state index in [0.29, 0.717) is 0 Å². The van der Waals surface area contributed by atoms with E-state index < -0.39 is 79.0 Å². The average molecular weight is 596 g/mol. The standard InChI is InChI=1S/C30H10F6N8/c1-39-17(13-37)19-23-26(44-28(30(34,35)36)21(41-23)15-9-5-3-6-10-15)20(18(14-38)40-2)24-25(19)43-27(29(31,32)33)22(42-24)16-11-7-4-8-12-16/h3-12H/b19-17-,20-18+. The minimum absolute atomic E-state index is 0.0979. The van der Waals surface area contributed by atoms with Gasteiger partial charge < -0.3 is 0 Å². The summed E-state index contributed by atoms with van der Waals surface area (Å²) in [6, 6.07) is 16.8. The molecule has 0 aliphatic carbocycles. The van der Waals surface area contributed by atoms with E-state index in [1.807, 2.05) is 0 Å². The Bertz CT molecular complexity index is 2090. The molecule has 5 aromatic rings. The predicted molar refractivity (Wildman–Crippen MR) is 144 cm³/mol. The fourth-order valence-corrected chi connectivity index (χ4v) is 4.50. The maximum absolute atomic E-state index is 14.4. The zero-order valence-electron chi connectivity index (χ0n) is 21.6. The number of rotatable bonds is 2. The summed E-state index contributed by atoms with van der Waals surface area (Å²) in [6.45, 7) is 15.1. The average Bonchev–Trinajstić information content (AvgIpc) is 3.01. The third-order valence-corrected chi connectivity index (χ3v) is 6.28. The fourth-order valence-electron chi connectivity index (χ4n) is 4.50. The van der Waals surface area contributed by atoms with Crippen molar-refractivity contribution < 1.29 is 26.3 Å². The summed E-state index contributed by atoms with van der Waals surface area (Å²) in [5, 5.41) is 18.2. The Morgan fingerprint density at radius 2 is 0.886 bits per heavy atom. The third kappa shape index (κ3) is 4.87. The summed E-state index contributed by atoms with van der Waals surface area (Å²) in [6.07, 6.45) is -10.3. The molecule has 212 valence electrons. The van der Waals surface area contributed by atoms with E-state index in [1.54, 1.807) is 0 Å². The molecule has 0 atom stereocenters. The Balaban J connectivity index is 2.23. The van der Waals surface area contributed by atoms with Crippen molar-refractivity contribution in [2.75, 3.05) is 0 Å². The highest BCUT2D eigenvalue weighted by Crippen LogP contribution is 2.37. The summed E-state index contributed by atoms with van der Waals surface area (Å²) in [5.74, 6) is 0. The van der Waals surface area contributed by atoms with Gasteiger partial charge >= 0.3 is 12.4 Å². The first kappa shape index (κ1) is 29.1. The van der Waals surface area contributed by atoms with Crippen LogP contribution < -0.4 is 10.4 Å². The Labute approximate surface area is 242 Å². The van der Waals surface area contributed by atoms with Gasteiger partial charge in [-0.2, -0.15) is 26.3 Å². The molecule has 3 aromatic carbocycles. The number of nitrogens with zero attached hydrogens (tertiary/aromatic N) is 8. The molecule has 0 fully saturated rings. The second-order valence-electron chi connectivity index (χ2n) is 8.86. The van der Waals surface area contributed by atoms with Crippen LogP contribution in [-0.2, 0) is 12.4 Å². The van der Waals surface area contributed by atoms with Gasteiger partial charge in [-0.25, -0.2) is 40.1 Å². The van der Waals surface area contributed by atoms with Gasteiger partial charge in [-0.15, -0.1) is 0 Å². The molecule has 0 aliphatic rings. The zero-order chi connectivity index (χ0) is 31.8. The number of halogens is 6. The largest absolute Gasteiger partial charge is 0.435 e. The van der Waals surface area contributed by atoms with Crippen LogP contribution in [0.5, 0.6) is 0 Å².